The SMILES string of the molecule is O=S(=O)([O-])Oc1ccc2c(O)cccc2c1.[Na+]. The maximum absolute atomic E-state index is 10.4. The van der Waals surface area contributed by atoms with E-state index in [-0.39, 0.29) is 41.1 Å². The van der Waals surface area contributed by atoms with Gasteiger partial charge in [-0.1, -0.05) is 12.1 Å². The summed E-state index contributed by atoms with van der Waals surface area (Å²) in [7, 11) is -4.77. The van der Waals surface area contributed by atoms with Crippen LogP contribution in [0.15, 0.2) is 36.4 Å². The molecule has 1 N–H and O–H groups in total. The Balaban J connectivity index is 0.00000144. The monoisotopic (exact) mass is 262 g/mol. The molecular formula is C10H7NaO5S. The molecule has 2 aromatic rings. The topological polar surface area (TPSA) is 86.7 Å². The van der Waals surface area contributed by atoms with Crippen molar-refractivity contribution in [2.45, 2.75) is 0 Å². The van der Waals surface area contributed by atoms with Crippen LogP contribution >= 0.6 is 0 Å². The molecule has 0 aliphatic rings. The van der Waals surface area contributed by atoms with Crippen molar-refractivity contribution in [3.05, 3.63) is 36.4 Å². The summed E-state index contributed by atoms with van der Waals surface area (Å²) in [6.45, 7) is 0. The van der Waals surface area contributed by atoms with E-state index in [1.165, 1.54) is 24.3 Å². The second-order valence-corrected chi connectivity index (χ2v) is 4.13. The van der Waals surface area contributed by atoms with Crippen LogP contribution in [0.2, 0.25) is 0 Å². The first-order valence-corrected chi connectivity index (χ1v) is 5.66. The van der Waals surface area contributed by atoms with Gasteiger partial charge in [-0.05, 0) is 29.7 Å². The summed E-state index contributed by atoms with van der Waals surface area (Å²) in [4.78, 5) is 0. The van der Waals surface area contributed by atoms with E-state index in [0.717, 1.165) is 0 Å². The molecule has 0 atom stereocenters. The molecule has 2 rings (SSSR count). The second kappa shape index (κ2) is 5.24. The van der Waals surface area contributed by atoms with Crippen molar-refractivity contribution in [1.29, 1.82) is 0 Å². The zero-order valence-corrected chi connectivity index (χ0v) is 11.8. The van der Waals surface area contributed by atoms with Gasteiger partial charge in [0, 0.05) is 5.39 Å². The van der Waals surface area contributed by atoms with E-state index in [9.17, 15) is 18.1 Å². The first-order valence-electron chi connectivity index (χ1n) is 4.33. The molecule has 0 aliphatic carbocycles. The van der Waals surface area contributed by atoms with Gasteiger partial charge < -0.3 is 13.8 Å². The quantitative estimate of drug-likeness (QED) is 0.400. The van der Waals surface area contributed by atoms with E-state index in [1.54, 1.807) is 12.1 Å². The van der Waals surface area contributed by atoms with Crippen LogP contribution in [0.4, 0.5) is 0 Å². The summed E-state index contributed by atoms with van der Waals surface area (Å²) < 4.78 is 35.3. The van der Waals surface area contributed by atoms with Crippen LogP contribution in [-0.4, -0.2) is 18.1 Å². The minimum atomic E-state index is -4.77. The van der Waals surface area contributed by atoms with Gasteiger partial charge >= 0.3 is 29.6 Å². The average Bonchev–Trinajstić information content (AvgIpc) is 2.15. The number of rotatable bonds is 2. The normalized spacial score (nSPS) is 10.9. The van der Waals surface area contributed by atoms with Crippen molar-refractivity contribution in [1.82, 2.24) is 0 Å². The van der Waals surface area contributed by atoms with E-state index in [0.29, 0.717) is 10.8 Å². The van der Waals surface area contributed by atoms with Crippen LogP contribution in [0, 0.1) is 0 Å². The minimum absolute atomic E-state index is 0. The van der Waals surface area contributed by atoms with Gasteiger partial charge in [-0.15, -0.1) is 0 Å². The Morgan fingerprint density at radius 3 is 2.53 bits per heavy atom. The molecule has 0 aliphatic heterocycles. The Morgan fingerprint density at radius 2 is 1.88 bits per heavy atom. The van der Waals surface area contributed by atoms with Gasteiger partial charge in [0.25, 0.3) is 10.4 Å². The fraction of sp³-hybridized carbons (Fsp3) is 0. The number of aromatic hydroxyl groups is 1. The molecule has 2 aromatic carbocycles. The van der Waals surface area contributed by atoms with Crippen molar-refractivity contribution in [2.24, 2.45) is 0 Å². The van der Waals surface area contributed by atoms with E-state index >= 15 is 0 Å². The smallest absolute Gasteiger partial charge is 0.716 e. The maximum Gasteiger partial charge on any atom is 1.00 e. The van der Waals surface area contributed by atoms with Gasteiger partial charge in [-0.2, -0.15) is 0 Å². The van der Waals surface area contributed by atoms with Crippen molar-refractivity contribution < 1.29 is 51.8 Å². The average molecular weight is 262 g/mol. The summed E-state index contributed by atoms with van der Waals surface area (Å²) in [6, 6.07) is 8.92. The van der Waals surface area contributed by atoms with Gasteiger partial charge in [0.1, 0.15) is 11.5 Å². The molecule has 0 radical (unpaired) electrons. The maximum atomic E-state index is 10.4. The standard InChI is InChI=1S/C10H8O5S.Na/c11-10-3-1-2-7-6-8(4-5-9(7)10)15-16(12,13)14;/h1-6,11H,(H,12,13,14);/q;+1/p-1. The molecule has 0 amide bonds. The van der Waals surface area contributed by atoms with E-state index in [1.807, 2.05) is 0 Å². The molecule has 7 heteroatoms. The summed E-state index contributed by atoms with van der Waals surface area (Å²) in [6.07, 6.45) is 0. The van der Waals surface area contributed by atoms with E-state index in [4.69, 9.17) is 0 Å². The van der Waals surface area contributed by atoms with Gasteiger partial charge in [0.15, 0.2) is 0 Å². The molecule has 0 saturated carbocycles. The predicted octanol–water partition coefficient (Wildman–Crippen LogP) is -1.61. The predicted molar refractivity (Wildman–Crippen MR) is 55.9 cm³/mol. The van der Waals surface area contributed by atoms with Crippen molar-refractivity contribution in [3.63, 3.8) is 0 Å². The van der Waals surface area contributed by atoms with Crippen LogP contribution in [0.5, 0.6) is 11.5 Å². The Labute approximate surface area is 120 Å². The third-order valence-corrected chi connectivity index (χ3v) is 2.42. The van der Waals surface area contributed by atoms with Crippen molar-refractivity contribution >= 4 is 21.2 Å². The van der Waals surface area contributed by atoms with Gasteiger partial charge in [0.05, 0.1) is 0 Å². The zero-order chi connectivity index (χ0) is 11.8. The van der Waals surface area contributed by atoms with E-state index in [2.05, 4.69) is 4.18 Å². The zero-order valence-electron chi connectivity index (χ0n) is 8.95. The number of hydrogen-bond donors (Lipinski definition) is 1. The number of hydrogen-bond acceptors (Lipinski definition) is 5. The molecule has 0 fully saturated rings. The molecular weight excluding hydrogens is 255 g/mol. The van der Waals surface area contributed by atoms with Crippen molar-refractivity contribution in [2.75, 3.05) is 0 Å². The van der Waals surface area contributed by atoms with Crippen LogP contribution < -0.4 is 33.7 Å². The van der Waals surface area contributed by atoms with Crippen LogP contribution in [0.3, 0.4) is 0 Å². The summed E-state index contributed by atoms with van der Waals surface area (Å²) in [5.74, 6) is 0.00197. The molecule has 0 aromatic heterocycles. The Kier molecular flexibility index (Phi) is 4.40. The summed E-state index contributed by atoms with van der Waals surface area (Å²) in [5.41, 5.74) is 0. The summed E-state index contributed by atoms with van der Waals surface area (Å²) >= 11 is 0. The minimum Gasteiger partial charge on any atom is -0.716 e. The first kappa shape index (κ1) is 14.3. The Hall–Kier alpha value is -0.790. The molecule has 5 nitrogen and oxygen atoms in total. The van der Waals surface area contributed by atoms with Crippen LogP contribution in [-0.2, 0) is 10.4 Å². The molecule has 17 heavy (non-hydrogen) atoms. The van der Waals surface area contributed by atoms with Gasteiger partial charge in [-0.3, -0.25) is 0 Å². The van der Waals surface area contributed by atoms with Crippen LogP contribution in [0.1, 0.15) is 0 Å². The number of fused-ring (bicyclic) bond motifs is 1. The van der Waals surface area contributed by atoms with E-state index < -0.39 is 10.4 Å². The Morgan fingerprint density at radius 1 is 1.18 bits per heavy atom. The van der Waals surface area contributed by atoms with Crippen molar-refractivity contribution in [3.8, 4) is 11.5 Å². The molecule has 0 unspecified atom stereocenters. The molecule has 0 heterocycles. The number of phenolic OH excluding ortho intramolecular Hbond substituents is 1. The molecule has 0 bridgehead atoms. The number of benzene rings is 2. The first-order chi connectivity index (χ1) is 7.46. The molecule has 0 spiro atoms. The fourth-order valence-electron chi connectivity index (χ4n) is 1.41. The van der Waals surface area contributed by atoms with Crippen LogP contribution in [0.25, 0.3) is 10.8 Å². The number of phenols is 1. The van der Waals surface area contributed by atoms with Gasteiger partial charge in [0.2, 0.25) is 0 Å². The third-order valence-electron chi connectivity index (χ3n) is 2.03. The molecule has 0 saturated heterocycles. The largest absolute Gasteiger partial charge is 1.00 e. The fourth-order valence-corrected chi connectivity index (χ4v) is 1.75. The van der Waals surface area contributed by atoms with Gasteiger partial charge in [-0.25, -0.2) is 8.42 Å². The Bertz CT molecular complexity index is 638. The summed E-state index contributed by atoms with van der Waals surface area (Å²) in [5, 5.41) is 10.6. The molecule has 84 valence electrons. The second-order valence-electron chi connectivity index (χ2n) is 3.15. The third kappa shape index (κ3) is 3.58.